The topological polar surface area (TPSA) is 144 Å². The number of hydrogen-bond acceptors (Lipinski definition) is 9. The van der Waals surface area contributed by atoms with Gasteiger partial charge in [-0.25, -0.2) is 23.7 Å². The van der Waals surface area contributed by atoms with Gasteiger partial charge in [-0.05, 0) is 62.8 Å². The van der Waals surface area contributed by atoms with Gasteiger partial charge < -0.3 is 25.6 Å². The van der Waals surface area contributed by atoms with Crippen LogP contribution in [0.5, 0.6) is 0 Å². The van der Waals surface area contributed by atoms with Gasteiger partial charge in [0, 0.05) is 60.0 Å². The van der Waals surface area contributed by atoms with Gasteiger partial charge in [-0.2, -0.15) is 5.10 Å². The molecule has 5 aromatic heterocycles. The highest BCUT2D eigenvalue weighted by Crippen LogP contribution is 2.36. The number of likely N-dealkylation sites (N-methyl/N-ethyl adjacent to an activating group) is 1. The standard InChI is InChI=1S/C32H32F2N10O/c1-44(2)9-8-36-21-11-18(10-20(33)13-21)23-6-7-37-30-27(23)40-31(41-30)28-25-26(34)24(16-38-29(25)43-42-28)19-12-22(15-35-14-19)39-32(45)17-4-3-5-17/h6-7,10-17,32,36,39,45H,3-5,8-9H2,1-2H3,(H,37,40,41)(H,38,42,43). The largest absolute Gasteiger partial charge is 0.384 e. The van der Waals surface area contributed by atoms with Crippen molar-refractivity contribution in [2.45, 2.75) is 25.5 Å². The van der Waals surface area contributed by atoms with Gasteiger partial charge in [0.1, 0.15) is 29.1 Å². The summed E-state index contributed by atoms with van der Waals surface area (Å²) in [4.78, 5) is 23.0. The van der Waals surface area contributed by atoms with Crippen LogP contribution >= 0.6 is 0 Å². The lowest BCUT2D eigenvalue weighted by molar-refractivity contribution is 0.0851. The fraction of sp³-hybridized carbons (Fsp3) is 0.281. The number of H-pyrrole nitrogens is 2. The monoisotopic (exact) mass is 610 g/mol. The molecule has 0 radical (unpaired) electrons. The molecule has 5 N–H and O–H groups in total. The average molecular weight is 611 g/mol. The van der Waals surface area contributed by atoms with E-state index in [1.54, 1.807) is 30.7 Å². The first-order valence-electron chi connectivity index (χ1n) is 14.8. The number of benzene rings is 1. The summed E-state index contributed by atoms with van der Waals surface area (Å²) in [7, 11) is 3.95. The van der Waals surface area contributed by atoms with Crippen molar-refractivity contribution >= 4 is 33.6 Å². The van der Waals surface area contributed by atoms with E-state index in [1.165, 1.54) is 18.3 Å². The van der Waals surface area contributed by atoms with Crippen LogP contribution in [-0.2, 0) is 0 Å². The normalized spacial score (nSPS) is 14.3. The molecule has 0 bridgehead atoms. The maximum atomic E-state index is 16.3. The molecule has 45 heavy (non-hydrogen) atoms. The van der Waals surface area contributed by atoms with Gasteiger partial charge >= 0.3 is 0 Å². The number of aromatic amines is 2. The van der Waals surface area contributed by atoms with Gasteiger partial charge in [-0.15, -0.1) is 0 Å². The molecule has 230 valence electrons. The first-order valence-corrected chi connectivity index (χ1v) is 14.8. The van der Waals surface area contributed by atoms with Crippen LogP contribution in [0.4, 0.5) is 20.2 Å². The van der Waals surface area contributed by atoms with Crippen LogP contribution in [0.25, 0.3) is 56.0 Å². The summed E-state index contributed by atoms with van der Waals surface area (Å²) in [6, 6.07) is 8.27. The van der Waals surface area contributed by atoms with Crippen LogP contribution < -0.4 is 10.6 Å². The molecule has 11 nitrogen and oxygen atoms in total. The number of aliphatic hydroxyl groups is 1. The van der Waals surface area contributed by atoms with E-state index in [2.05, 4.69) is 40.8 Å². The SMILES string of the molecule is CN(C)CCNc1cc(F)cc(-c2ccnc3[nH]c(-c4n[nH]c5ncc(-c6cncc(NC(O)C7CCC7)c6)c(F)c45)nc23)c1. The quantitative estimate of drug-likeness (QED) is 0.129. The van der Waals surface area contributed by atoms with Crippen molar-refractivity contribution in [3.05, 3.63) is 66.8 Å². The number of anilines is 2. The van der Waals surface area contributed by atoms with Crippen molar-refractivity contribution in [1.29, 1.82) is 0 Å². The number of pyridine rings is 3. The van der Waals surface area contributed by atoms with E-state index in [4.69, 9.17) is 4.98 Å². The second-order valence-electron chi connectivity index (χ2n) is 11.6. The van der Waals surface area contributed by atoms with Gasteiger partial charge in [0.05, 0.1) is 17.3 Å². The first-order chi connectivity index (χ1) is 21.8. The van der Waals surface area contributed by atoms with Crippen molar-refractivity contribution in [1.82, 2.24) is 40.0 Å². The summed E-state index contributed by atoms with van der Waals surface area (Å²) in [6.07, 6.45) is 8.54. The molecule has 6 aromatic rings. The highest BCUT2D eigenvalue weighted by molar-refractivity contribution is 5.96. The minimum atomic E-state index is -0.688. The zero-order valence-electron chi connectivity index (χ0n) is 24.8. The average Bonchev–Trinajstić information content (AvgIpc) is 3.61. The zero-order chi connectivity index (χ0) is 31.1. The lowest BCUT2D eigenvalue weighted by Crippen LogP contribution is -2.33. The van der Waals surface area contributed by atoms with Gasteiger partial charge in [0.2, 0.25) is 0 Å². The Balaban J connectivity index is 1.24. The lowest BCUT2D eigenvalue weighted by atomic mass is 9.84. The molecule has 0 aliphatic heterocycles. The van der Waals surface area contributed by atoms with Gasteiger partial charge in [-0.1, -0.05) is 6.42 Å². The fourth-order valence-electron chi connectivity index (χ4n) is 5.56. The minimum Gasteiger partial charge on any atom is -0.384 e. The number of aromatic nitrogens is 7. The third-order valence-electron chi connectivity index (χ3n) is 8.19. The molecule has 1 aliphatic rings. The summed E-state index contributed by atoms with van der Waals surface area (Å²) in [5, 5.41) is 24.1. The van der Waals surface area contributed by atoms with Crippen molar-refractivity contribution < 1.29 is 13.9 Å². The van der Waals surface area contributed by atoms with Crippen LogP contribution in [-0.4, -0.2) is 78.5 Å². The molecule has 1 aliphatic carbocycles. The first kappa shape index (κ1) is 28.7. The summed E-state index contributed by atoms with van der Waals surface area (Å²) < 4.78 is 30.9. The Kier molecular flexibility index (Phi) is 7.55. The molecule has 13 heteroatoms. The van der Waals surface area contributed by atoms with E-state index < -0.39 is 12.0 Å². The minimum absolute atomic E-state index is 0.152. The Hall–Kier alpha value is -5.01. The molecule has 0 amide bonds. The predicted molar refractivity (Wildman–Crippen MR) is 169 cm³/mol. The van der Waals surface area contributed by atoms with E-state index in [0.717, 1.165) is 25.8 Å². The van der Waals surface area contributed by atoms with Crippen molar-refractivity contribution in [3.63, 3.8) is 0 Å². The number of rotatable bonds is 10. The predicted octanol–water partition coefficient (Wildman–Crippen LogP) is 5.41. The summed E-state index contributed by atoms with van der Waals surface area (Å²) in [5.74, 6) is -0.448. The smallest absolute Gasteiger partial charge is 0.161 e. The summed E-state index contributed by atoms with van der Waals surface area (Å²) in [6.45, 7) is 1.45. The fourth-order valence-corrected chi connectivity index (χ4v) is 5.56. The Bertz CT molecular complexity index is 2000. The van der Waals surface area contributed by atoms with E-state index in [0.29, 0.717) is 45.8 Å². The lowest BCUT2D eigenvalue weighted by Gasteiger charge is -2.31. The molecular weight excluding hydrogens is 578 g/mol. The van der Waals surface area contributed by atoms with Crippen LogP contribution in [0.2, 0.25) is 0 Å². The molecule has 7 rings (SSSR count). The number of hydrogen-bond donors (Lipinski definition) is 5. The van der Waals surface area contributed by atoms with Gasteiger partial charge in [-0.3, -0.25) is 10.1 Å². The number of nitrogens with zero attached hydrogens (tertiary/aromatic N) is 6. The molecule has 1 unspecified atom stereocenters. The Morgan fingerprint density at radius 1 is 1.00 bits per heavy atom. The van der Waals surface area contributed by atoms with E-state index >= 15 is 4.39 Å². The van der Waals surface area contributed by atoms with E-state index in [9.17, 15) is 9.50 Å². The van der Waals surface area contributed by atoms with Gasteiger partial charge in [0.25, 0.3) is 0 Å². The Labute approximate surface area is 257 Å². The number of aliphatic hydroxyl groups excluding tert-OH is 1. The molecule has 0 spiro atoms. The number of imidazole rings is 1. The second kappa shape index (κ2) is 11.8. The Morgan fingerprint density at radius 3 is 2.64 bits per heavy atom. The molecule has 0 saturated heterocycles. The maximum Gasteiger partial charge on any atom is 0.161 e. The molecule has 1 aromatic carbocycles. The highest BCUT2D eigenvalue weighted by Gasteiger charge is 2.26. The Morgan fingerprint density at radius 2 is 1.84 bits per heavy atom. The third kappa shape index (κ3) is 5.67. The van der Waals surface area contributed by atoms with Crippen molar-refractivity contribution in [3.8, 4) is 33.8 Å². The van der Waals surface area contributed by atoms with Gasteiger partial charge in [0.15, 0.2) is 17.1 Å². The van der Waals surface area contributed by atoms with Crippen LogP contribution in [0.15, 0.2) is 55.1 Å². The van der Waals surface area contributed by atoms with E-state index in [-0.39, 0.29) is 39.9 Å². The molecule has 1 fully saturated rings. The molecule has 5 heterocycles. The second-order valence-corrected chi connectivity index (χ2v) is 11.6. The van der Waals surface area contributed by atoms with Crippen molar-refractivity contribution in [2.75, 3.05) is 37.8 Å². The number of fused-ring (bicyclic) bond motifs is 2. The highest BCUT2D eigenvalue weighted by atomic mass is 19.1. The van der Waals surface area contributed by atoms with Crippen molar-refractivity contribution in [2.24, 2.45) is 5.92 Å². The molecule has 1 atom stereocenters. The van der Waals surface area contributed by atoms with Crippen LogP contribution in [0.3, 0.4) is 0 Å². The third-order valence-corrected chi connectivity index (χ3v) is 8.19. The zero-order valence-corrected chi connectivity index (χ0v) is 24.8. The maximum absolute atomic E-state index is 16.3. The number of halogens is 2. The number of nitrogens with one attached hydrogen (secondary N) is 4. The summed E-state index contributed by atoms with van der Waals surface area (Å²) in [5.41, 5.74) is 4.66. The van der Waals surface area contributed by atoms with E-state index in [1.807, 2.05) is 25.1 Å². The molecule has 1 saturated carbocycles. The summed E-state index contributed by atoms with van der Waals surface area (Å²) >= 11 is 0. The van der Waals surface area contributed by atoms with Crippen LogP contribution in [0.1, 0.15) is 19.3 Å². The van der Waals surface area contributed by atoms with Crippen LogP contribution in [0, 0.1) is 17.6 Å². The molecular formula is C32H32F2N10O.